The molecule has 2 rings (SSSR count). The van der Waals surface area contributed by atoms with Crippen molar-refractivity contribution in [2.45, 2.75) is 34.6 Å². The van der Waals surface area contributed by atoms with Gasteiger partial charge in [0.05, 0.1) is 5.03 Å². The van der Waals surface area contributed by atoms with Crippen molar-refractivity contribution in [2.24, 2.45) is 0 Å². The van der Waals surface area contributed by atoms with Crippen LogP contribution < -0.4 is 0 Å². The Morgan fingerprint density at radius 3 is 2.26 bits per heavy atom. The van der Waals surface area contributed by atoms with Gasteiger partial charge in [-0.05, 0) is 56.0 Å². The lowest BCUT2D eigenvalue weighted by molar-refractivity contribution is -0.136. The van der Waals surface area contributed by atoms with Crippen LogP contribution in [0.4, 0.5) is 0 Å². The van der Waals surface area contributed by atoms with E-state index in [-0.39, 0.29) is 0 Å². The zero-order valence-corrected chi connectivity index (χ0v) is 17.2. The molecule has 2 aromatic rings. The van der Waals surface area contributed by atoms with Gasteiger partial charge >= 0.3 is 5.97 Å². The van der Waals surface area contributed by atoms with E-state index in [4.69, 9.17) is 16.3 Å². The first-order chi connectivity index (χ1) is 12.8. The molecule has 0 atom stereocenters. The van der Waals surface area contributed by atoms with Gasteiger partial charge in [0.25, 0.3) is 0 Å². The topological polar surface area (TPSA) is 26.3 Å². The van der Waals surface area contributed by atoms with Crippen molar-refractivity contribution in [3.8, 4) is 0 Å². The number of allylic oxidation sites excluding steroid dienone is 4. The second-order valence-corrected chi connectivity index (χ2v) is 6.87. The SMILES string of the molecule is C/C=C(C)/C(OC(C)=O)=C(Cl)\C(=C/c1ccc(C)cc1C)c1ccccc1. The minimum absolute atomic E-state index is 0.381. The Bertz CT molecular complexity index is 919. The molecule has 0 amide bonds. The molecule has 0 aromatic heterocycles. The number of carbonyl (C=O) groups is 1. The third kappa shape index (κ3) is 5.45. The van der Waals surface area contributed by atoms with E-state index < -0.39 is 5.97 Å². The van der Waals surface area contributed by atoms with Gasteiger partial charge in [0.15, 0.2) is 5.76 Å². The predicted molar refractivity (Wildman–Crippen MR) is 114 cm³/mol. The molecule has 0 aliphatic rings. The number of hydrogen-bond donors (Lipinski definition) is 0. The maximum atomic E-state index is 11.6. The van der Waals surface area contributed by atoms with E-state index in [0.29, 0.717) is 10.8 Å². The highest BCUT2D eigenvalue weighted by Crippen LogP contribution is 2.34. The lowest BCUT2D eigenvalue weighted by Gasteiger charge is -2.15. The molecule has 27 heavy (non-hydrogen) atoms. The van der Waals surface area contributed by atoms with Gasteiger partial charge < -0.3 is 4.74 Å². The lowest BCUT2D eigenvalue weighted by atomic mass is 9.97. The molecule has 0 heterocycles. The fraction of sp³-hybridized carbons (Fsp3) is 0.208. The molecule has 0 aliphatic carbocycles. The van der Waals surface area contributed by atoms with Gasteiger partial charge in [-0.25, -0.2) is 0 Å². The number of aryl methyl sites for hydroxylation is 2. The molecule has 0 aliphatic heterocycles. The van der Waals surface area contributed by atoms with Crippen LogP contribution in [0.3, 0.4) is 0 Å². The Morgan fingerprint density at radius 2 is 1.70 bits per heavy atom. The molecule has 140 valence electrons. The normalized spacial score (nSPS) is 13.3. The lowest BCUT2D eigenvalue weighted by Crippen LogP contribution is -2.03. The zero-order chi connectivity index (χ0) is 20.0. The van der Waals surface area contributed by atoms with E-state index in [1.807, 2.05) is 56.3 Å². The highest BCUT2D eigenvalue weighted by molar-refractivity contribution is 6.38. The number of halogens is 1. The fourth-order valence-corrected chi connectivity index (χ4v) is 3.08. The Labute approximate surface area is 166 Å². The smallest absolute Gasteiger partial charge is 0.308 e. The summed E-state index contributed by atoms with van der Waals surface area (Å²) in [6.45, 7) is 9.28. The standard InChI is InChI=1S/C24H25ClO2/c1-6-17(3)24(27-19(5)26)23(25)22(20-10-8-7-9-11-20)15-21-13-12-16(2)14-18(21)4/h6-15H,1-5H3/b17-6+,22-15-,24-23-. The summed E-state index contributed by atoms with van der Waals surface area (Å²) in [6.07, 6.45) is 3.92. The maximum Gasteiger partial charge on any atom is 0.308 e. The van der Waals surface area contributed by atoms with Crippen molar-refractivity contribution in [1.82, 2.24) is 0 Å². The van der Waals surface area contributed by atoms with E-state index >= 15 is 0 Å². The first kappa shape index (κ1) is 20.7. The third-order valence-electron chi connectivity index (χ3n) is 4.28. The van der Waals surface area contributed by atoms with Gasteiger partial charge in [-0.3, -0.25) is 4.79 Å². The van der Waals surface area contributed by atoms with Crippen LogP contribution in [-0.2, 0) is 9.53 Å². The van der Waals surface area contributed by atoms with Crippen LogP contribution in [0.25, 0.3) is 11.6 Å². The van der Waals surface area contributed by atoms with E-state index in [1.165, 1.54) is 12.5 Å². The van der Waals surface area contributed by atoms with E-state index in [1.54, 1.807) is 0 Å². The highest BCUT2D eigenvalue weighted by atomic mass is 35.5. The third-order valence-corrected chi connectivity index (χ3v) is 4.66. The van der Waals surface area contributed by atoms with E-state index in [9.17, 15) is 4.79 Å². The highest BCUT2D eigenvalue weighted by Gasteiger charge is 2.17. The molecule has 0 saturated heterocycles. The monoisotopic (exact) mass is 380 g/mol. The average Bonchev–Trinajstić information content (AvgIpc) is 2.65. The van der Waals surface area contributed by atoms with Crippen LogP contribution >= 0.6 is 11.6 Å². The first-order valence-electron chi connectivity index (χ1n) is 8.89. The number of hydrogen-bond acceptors (Lipinski definition) is 2. The Hall–Kier alpha value is -2.58. The van der Waals surface area contributed by atoms with Crippen LogP contribution in [0.15, 0.2) is 71.0 Å². The van der Waals surface area contributed by atoms with Gasteiger partial charge in [0.1, 0.15) is 0 Å². The van der Waals surface area contributed by atoms with Gasteiger partial charge in [0.2, 0.25) is 0 Å². The van der Waals surface area contributed by atoms with Gasteiger partial charge in [-0.15, -0.1) is 0 Å². The molecule has 0 spiro atoms. The van der Waals surface area contributed by atoms with E-state index in [2.05, 4.69) is 32.0 Å². The van der Waals surface area contributed by atoms with Crippen molar-refractivity contribution in [2.75, 3.05) is 0 Å². The van der Waals surface area contributed by atoms with Gasteiger partial charge in [-0.2, -0.15) is 0 Å². The summed E-state index contributed by atoms with van der Waals surface area (Å²) in [5.74, 6) is -0.0187. The summed E-state index contributed by atoms with van der Waals surface area (Å²) < 4.78 is 5.45. The molecule has 0 radical (unpaired) electrons. The fourth-order valence-electron chi connectivity index (χ4n) is 2.73. The van der Waals surface area contributed by atoms with Crippen molar-refractivity contribution >= 4 is 29.2 Å². The van der Waals surface area contributed by atoms with Crippen molar-refractivity contribution in [1.29, 1.82) is 0 Å². The molecule has 0 fully saturated rings. The Balaban J connectivity index is 2.74. The quantitative estimate of drug-likeness (QED) is 0.246. The summed E-state index contributed by atoms with van der Waals surface area (Å²) in [6, 6.07) is 16.2. The number of carbonyl (C=O) groups excluding carboxylic acids is 1. The Morgan fingerprint density at radius 1 is 1.04 bits per heavy atom. The summed E-state index contributed by atoms with van der Waals surface area (Å²) in [4.78, 5) is 11.6. The predicted octanol–water partition coefficient (Wildman–Crippen LogP) is 6.82. The van der Waals surface area contributed by atoms with Crippen molar-refractivity contribution in [3.63, 3.8) is 0 Å². The summed E-state index contributed by atoms with van der Waals surface area (Å²) >= 11 is 6.79. The molecule has 2 aromatic carbocycles. The van der Waals surface area contributed by atoms with Crippen LogP contribution in [-0.4, -0.2) is 5.97 Å². The average molecular weight is 381 g/mol. The molecule has 0 saturated carbocycles. The van der Waals surface area contributed by atoms with E-state index in [0.717, 1.165) is 27.8 Å². The summed E-state index contributed by atoms with van der Waals surface area (Å²) in [7, 11) is 0. The number of benzene rings is 2. The molecular formula is C24H25ClO2. The molecule has 0 bridgehead atoms. The minimum Gasteiger partial charge on any atom is -0.425 e. The molecule has 3 heteroatoms. The van der Waals surface area contributed by atoms with Crippen LogP contribution in [0.5, 0.6) is 0 Å². The Kier molecular flexibility index (Phi) is 7.20. The van der Waals surface area contributed by atoms with Crippen LogP contribution in [0.2, 0.25) is 0 Å². The molecule has 0 unspecified atom stereocenters. The second kappa shape index (κ2) is 9.38. The second-order valence-electron chi connectivity index (χ2n) is 6.49. The largest absolute Gasteiger partial charge is 0.425 e. The van der Waals surface area contributed by atoms with Crippen molar-refractivity contribution < 1.29 is 9.53 Å². The number of ether oxygens (including phenoxy) is 1. The number of esters is 1. The minimum atomic E-state index is -0.400. The maximum absolute atomic E-state index is 11.6. The summed E-state index contributed by atoms with van der Waals surface area (Å²) in [5.41, 5.74) is 6.00. The van der Waals surface area contributed by atoms with Gasteiger partial charge in [-0.1, -0.05) is 71.8 Å². The summed E-state index contributed by atoms with van der Waals surface area (Å²) in [5, 5.41) is 0.409. The van der Waals surface area contributed by atoms with Crippen molar-refractivity contribution in [3.05, 3.63) is 93.2 Å². The van der Waals surface area contributed by atoms with Gasteiger partial charge in [0, 0.05) is 12.5 Å². The molecule has 0 N–H and O–H groups in total. The number of rotatable bonds is 5. The first-order valence-corrected chi connectivity index (χ1v) is 9.27. The molecular weight excluding hydrogens is 356 g/mol. The zero-order valence-electron chi connectivity index (χ0n) is 16.5. The van der Waals surface area contributed by atoms with Crippen LogP contribution in [0, 0.1) is 13.8 Å². The van der Waals surface area contributed by atoms with Crippen LogP contribution in [0.1, 0.15) is 43.0 Å². The molecule has 2 nitrogen and oxygen atoms in total.